The van der Waals surface area contributed by atoms with Gasteiger partial charge in [0, 0.05) is 37.2 Å². The van der Waals surface area contributed by atoms with Crippen LogP contribution in [0.3, 0.4) is 0 Å². The van der Waals surface area contributed by atoms with Gasteiger partial charge in [-0.25, -0.2) is 4.98 Å². The number of anilines is 1. The zero-order valence-electron chi connectivity index (χ0n) is 10.0. The van der Waals surface area contributed by atoms with Crippen LogP contribution >= 0.6 is 0 Å². The van der Waals surface area contributed by atoms with Gasteiger partial charge in [-0.05, 0) is 24.6 Å². The van der Waals surface area contributed by atoms with Crippen LogP contribution in [0.4, 0.5) is 5.69 Å². The third-order valence-electron chi connectivity index (χ3n) is 2.62. The van der Waals surface area contributed by atoms with Crippen LogP contribution in [0.15, 0.2) is 43.0 Å². The second-order valence-corrected chi connectivity index (χ2v) is 4.22. The molecule has 1 aromatic carbocycles. The van der Waals surface area contributed by atoms with Gasteiger partial charge in [0.25, 0.3) is 0 Å². The van der Waals surface area contributed by atoms with Crippen LogP contribution < -0.4 is 11.1 Å². The van der Waals surface area contributed by atoms with Crippen molar-refractivity contribution < 1.29 is 0 Å². The number of hydrogen-bond acceptors (Lipinski definition) is 3. The molecule has 2 rings (SSSR count). The number of hydrogen-bond donors (Lipinski definition) is 2. The van der Waals surface area contributed by atoms with E-state index in [2.05, 4.69) is 41.5 Å². The van der Waals surface area contributed by atoms with Crippen LogP contribution in [0, 0.1) is 0 Å². The molecule has 17 heavy (non-hydrogen) atoms. The van der Waals surface area contributed by atoms with Crippen molar-refractivity contribution in [3.8, 4) is 0 Å². The van der Waals surface area contributed by atoms with Crippen LogP contribution in [0.25, 0.3) is 0 Å². The van der Waals surface area contributed by atoms with E-state index in [-0.39, 0.29) is 0 Å². The second kappa shape index (κ2) is 5.50. The SMILES string of the molecule is CC(CN)Nc1cccc(Cn2ccnc2)c1. The number of benzene rings is 1. The highest BCUT2D eigenvalue weighted by Gasteiger charge is 2.00. The summed E-state index contributed by atoms with van der Waals surface area (Å²) in [6.45, 7) is 3.54. The number of nitrogens with one attached hydrogen (secondary N) is 1. The van der Waals surface area contributed by atoms with E-state index in [1.165, 1.54) is 5.56 Å². The molecule has 2 aromatic rings. The minimum atomic E-state index is 0.290. The Labute approximate surface area is 101 Å². The Kier molecular flexibility index (Phi) is 3.77. The molecule has 1 aromatic heterocycles. The fourth-order valence-corrected chi connectivity index (χ4v) is 1.69. The molecule has 0 saturated carbocycles. The average molecular weight is 230 g/mol. The van der Waals surface area contributed by atoms with Crippen molar-refractivity contribution in [2.75, 3.05) is 11.9 Å². The molecule has 3 N–H and O–H groups in total. The van der Waals surface area contributed by atoms with Crippen LogP contribution in [0.2, 0.25) is 0 Å². The van der Waals surface area contributed by atoms with E-state index < -0.39 is 0 Å². The molecule has 0 radical (unpaired) electrons. The third kappa shape index (κ3) is 3.32. The van der Waals surface area contributed by atoms with Gasteiger partial charge in [0.15, 0.2) is 0 Å². The van der Waals surface area contributed by atoms with Gasteiger partial charge in [-0.15, -0.1) is 0 Å². The van der Waals surface area contributed by atoms with Gasteiger partial charge in [0.1, 0.15) is 0 Å². The van der Waals surface area contributed by atoms with E-state index in [1.54, 1.807) is 6.20 Å². The Morgan fingerprint density at radius 3 is 3.06 bits per heavy atom. The molecular weight excluding hydrogens is 212 g/mol. The lowest BCUT2D eigenvalue weighted by Gasteiger charge is -2.13. The predicted molar refractivity (Wildman–Crippen MR) is 69.9 cm³/mol. The van der Waals surface area contributed by atoms with Crippen molar-refractivity contribution in [1.29, 1.82) is 0 Å². The third-order valence-corrected chi connectivity index (χ3v) is 2.62. The number of imidazole rings is 1. The lowest BCUT2D eigenvalue weighted by atomic mass is 10.2. The Hall–Kier alpha value is -1.81. The highest BCUT2D eigenvalue weighted by Crippen LogP contribution is 2.12. The molecular formula is C13H18N4. The first-order valence-corrected chi connectivity index (χ1v) is 5.79. The molecule has 0 spiro atoms. The molecule has 1 atom stereocenters. The fraction of sp³-hybridized carbons (Fsp3) is 0.308. The summed E-state index contributed by atoms with van der Waals surface area (Å²) in [6.07, 6.45) is 5.57. The molecule has 1 unspecified atom stereocenters. The number of nitrogens with zero attached hydrogens (tertiary/aromatic N) is 2. The summed E-state index contributed by atoms with van der Waals surface area (Å²) >= 11 is 0. The minimum absolute atomic E-state index is 0.290. The first-order valence-electron chi connectivity index (χ1n) is 5.79. The van der Waals surface area contributed by atoms with E-state index in [4.69, 9.17) is 5.73 Å². The summed E-state index contributed by atoms with van der Waals surface area (Å²) in [5.74, 6) is 0. The smallest absolute Gasteiger partial charge is 0.0949 e. The standard InChI is InChI=1S/C13H18N4/c1-11(8-14)16-13-4-2-3-12(7-13)9-17-6-5-15-10-17/h2-7,10-11,16H,8-9,14H2,1H3. The van der Waals surface area contributed by atoms with Gasteiger partial charge >= 0.3 is 0 Å². The van der Waals surface area contributed by atoms with Crippen molar-refractivity contribution in [2.45, 2.75) is 19.5 Å². The van der Waals surface area contributed by atoms with Gasteiger partial charge in [0.05, 0.1) is 6.33 Å². The summed E-state index contributed by atoms with van der Waals surface area (Å²) in [4.78, 5) is 4.03. The van der Waals surface area contributed by atoms with E-state index in [0.29, 0.717) is 12.6 Å². The Bertz CT molecular complexity index is 450. The monoisotopic (exact) mass is 230 g/mol. The zero-order valence-corrected chi connectivity index (χ0v) is 10.0. The lowest BCUT2D eigenvalue weighted by Crippen LogP contribution is -2.25. The topological polar surface area (TPSA) is 55.9 Å². The molecule has 0 aliphatic rings. The molecule has 4 heteroatoms. The Balaban J connectivity index is 2.06. The largest absolute Gasteiger partial charge is 0.381 e. The number of nitrogens with two attached hydrogens (primary N) is 1. The maximum atomic E-state index is 5.59. The van der Waals surface area contributed by atoms with E-state index in [9.17, 15) is 0 Å². The quantitative estimate of drug-likeness (QED) is 0.822. The van der Waals surface area contributed by atoms with Crippen LogP contribution in [-0.2, 0) is 6.54 Å². The first-order chi connectivity index (χ1) is 8.28. The van der Waals surface area contributed by atoms with E-state index >= 15 is 0 Å². The second-order valence-electron chi connectivity index (χ2n) is 4.22. The molecule has 0 aliphatic carbocycles. The summed E-state index contributed by atoms with van der Waals surface area (Å²) in [6, 6.07) is 8.66. The normalized spacial score (nSPS) is 12.4. The summed E-state index contributed by atoms with van der Waals surface area (Å²) in [7, 11) is 0. The van der Waals surface area contributed by atoms with Crippen LogP contribution in [-0.4, -0.2) is 22.1 Å². The van der Waals surface area contributed by atoms with Gasteiger partial charge in [0.2, 0.25) is 0 Å². The molecule has 0 aliphatic heterocycles. The molecule has 0 amide bonds. The van der Waals surface area contributed by atoms with Crippen LogP contribution in [0.5, 0.6) is 0 Å². The van der Waals surface area contributed by atoms with Crippen molar-refractivity contribution in [1.82, 2.24) is 9.55 Å². The molecule has 1 heterocycles. The molecule has 0 fully saturated rings. The van der Waals surface area contributed by atoms with E-state index in [0.717, 1.165) is 12.2 Å². The molecule has 4 nitrogen and oxygen atoms in total. The molecule has 90 valence electrons. The van der Waals surface area contributed by atoms with E-state index in [1.807, 2.05) is 17.1 Å². The Morgan fingerprint density at radius 2 is 2.35 bits per heavy atom. The van der Waals surface area contributed by atoms with Gasteiger partial charge in [-0.2, -0.15) is 0 Å². The van der Waals surface area contributed by atoms with Crippen molar-refractivity contribution in [3.05, 3.63) is 48.5 Å². The maximum absolute atomic E-state index is 5.59. The highest BCUT2D eigenvalue weighted by molar-refractivity contribution is 5.46. The number of rotatable bonds is 5. The van der Waals surface area contributed by atoms with Gasteiger partial charge in [-0.3, -0.25) is 0 Å². The molecule has 0 bridgehead atoms. The summed E-state index contributed by atoms with van der Waals surface area (Å²) in [5.41, 5.74) is 7.95. The van der Waals surface area contributed by atoms with Crippen molar-refractivity contribution in [3.63, 3.8) is 0 Å². The van der Waals surface area contributed by atoms with Crippen LogP contribution in [0.1, 0.15) is 12.5 Å². The summed E-state index contributed by atoms with van der Waals surface area (Å²) in [5, 5.41) is 3.36. The average Bonchev–Trinajstić information content (AvgIpc) is 2.82. The van der Waals surface area contributed by atoms with Gasteiger partial charge in [-0.1, -0.05) is 12.1 Å². The molecule has 0 saturated heterocycles. The van der Waals surface area contributed by atoms with Gasteiger partial charge < -0.3 is 15.6 Å². The first kappa shape index (κ1) is 11.7. The van der Waals surface area contributed by atoms with Crippen molar-refractivity contribution >= 4 is 5.69 Å². The van der Waals surface area contributed by atoms with Crippen molar-refractivity contribution in [2.24, 2.45) is 5.73 Å². The Morgan fingerprint density at radius 1 is 1.47 bits per heavy atom. The maximum Gasteiger partial charge on any atom is 0.0949 e. The predicted octanol–water partition coefficient (Wildman–Crippen LogP) is 1.69. The fourth-order valence-electron chi connectivity index (χ4n) is 1.69. The zero-order chi connectivity index (χ0) is 12.1. The minimum Gasteiger partial charge on any atom is -0.381 e. The summed E-state index contributed by atoms with van der Waals surface area (Å²) < 4.78 is 2.05. The highest BCUT2D eigenvalue weighted by atomic mass is 15.0. The number of aromatic nitrogens is 2. The lowest BCUT2D eigenvalue weighted by molar-refractivity contribution is 0.791.